The number of aliphatic imine (C=N–C) groups is 1. The molecule has 0 spiro atoms. The zero-order valence-electron chi connectivity index (χ0n) is 13.4. The van der Waals surface area contributed by atoms with E-state index in [1.807, 2.05) is 6.08 Å². The number of nitrogens with one attached hydrogen (secondary N) is 1. The van der Waals surface area contributed by atoms with Crippen molar-refractivity contribution in [1.82, 2.24) is 10.2 Å². The van der Waals surface area contributed by atoms with Crippen molar-refractivity contribution in [3.05, 3.63) is 35.9 Å². The molecule has 1 aromatic rings. The fourth-order valence-corrected chi connectivity index (χ4v) is 2.56. The van der Waals surface area contributed by atoms with Crippen molar-refractivity contribution in [2.75, 3.05) is 34.4 Å². The summed E-state index contributed by atoms with van der Waals surface area (Å²) in [6.07, 6.45) is 2.79. The summed E-state index contributed by atoms with van der Waals surface area (Å²) >= 11 is 0. The van der Waals surface area contributed by atoms with E-state index < -0.39 is 0 Å². The molecule has 0 aromatic heterocycles. The van der Waals surface area contributed by atoms with Gasteiger partial charge in [0.2, 0.25) is 0 Å². The van der Waals surface area contributed by atoms with Gasteiger partial charge in [-0.15, -0.1) is 30.6 Å². The highest BCUT2D eigenvalue weighted by Gasteiger charge is 2.21. The van der Waals surface area contributed by atoms with Gasteiger partial charge < -0.3 is 19.7 Å². The number of rotatable bonds is 4. The summed E-state index contributed by atoms with van der Waals surface area (Å²) in [6, 6.07) is 4.13. The lowest BCUT2D eigenvalue weighted by Crippen LogP contribution is -2.44. The van der Waals surface area contributed by atoms with Crippen molar-refractivity contribution in [2.24, 2.45) is 4.99 Å². The van der Waals surface area contributed by atoms with E-state index in [1.165, 1.54) is 11.1 Å². The molecule has 0 bridgehead atoms. The Morgan fingerprint density at radius 3 is 2.50 bits per heavy atom. The molecular formula is C16H24IN3O2. The van der Waals surface area contributed by atoms with Gasteiger partial charge in [-0.25, -0.2) is 0 Å². The van der Waals surface area contributed by atoms with Crippen LogP contribution in [0.4, 0.5) is 0 Å². The average Bonchev–Trinajstić information content (AvgIpc) is 2.54. The molecule has 0 radical (unpaired) electrons. The highest BCUT2D eigenvalue weighted by Crippen LogP contribution is 2.33. The first-order valence-corrected chi connectivity index (χ1v) is 7.03. The summed E-state index contributed by atoms with van der Waals surface area (Å²) in [5, 5.41) is 3.27. The van der Waals surface area contributed by atoms with Crippen molar-refractivity contribution in [1.29, 1.82) is 0 Å². The second kappa shape index (κ2) is 8.87. The van der Waals surface area contributed by atoms with Gasteiger partial charge in [-0.1, -0.05) is 6.08 Å². The number of ether oxygens (including phenoxy) is 2. The summed E-state index contributed by atoms with van der Waals surface area (Å²) in [7, 11) is 5.13. The number of hydrogen-bond acceptors (Lipinski definition) is 3. The first kappa shape index (κ1) is 18.6. The minimum absolute atomic E-state index is 0. The van der Waals surface area contributed by atoms with Crippen LogP contribution in [0.25, 0.3) is 0 Å². The van der Waals surface area contributed by atoms with Crippen LogP contribution in [-0.2, 0) is 13.0 Å². The summed E-state index contributed by atoms with van der Waals surface area (Å²) in [5.74, 6) is 2.46. The molecule has 1 aliphatic rings. The highest BCUT2D eigenvalue weighted by molar-refractivity contribution is 14.0. The van der Waals surface area contributed by atoms with Gasteiger partial charge in [0.25, 0.3) is 0 Å². The first-order chi connectivity index (χ1) is 10.2. The van der Waals surface area contributed by atoms with E-state index in [0.717, 1.165) is 37.0 Å². The van der Waals surface area contributed by atoms with Crippen molar-refractivity contribution in [3.8, 4) is 11.5 Å². The largest absolute Gasteiger partial charge is 0.493 e. The summed E-state index contributed by atoms with van der Waals surface area (Å²) in [5.41, 5.74) is 2.56. The molecule has 5 nitrogen and oxygen atoms in total. The second-order valence-electron chi connectivity index (χ2n) is 4.86. The van der Waals surface area contributed by atoms with Crippen LogP contribution in [0.15, 0.2) is 29.8 Å². The zero-order chi connectivity index (χ0) is 15.2. The third-order valence-electron chi connectivity index (χ3n) is 3.63. The SMILES string of the molecule is C=CCNC(=NC)N1CCc2cc(OC)c(OC)cc2C1.I. The van der Waals surface area contributed by atoms with Gasteiger partial charge in [0.1, 0.15) is 0 Å². The molecule has 1 aliphatic heterocycles. The van der Waals surface area contributed by atoms with E-state index in [1.54, 1.807) is 21.3 Å². The van der Waals surface area contributed by atoms with Gasteiger partial charge in [-0.2, -0.15) is 0 Å². The molecule has 0 atom stereocenters. The van der Waals surface area contributed by atoms with Crippen LogP contribution in [0.2, 0.25) is 0 Å². The topological polar surface area (TPSA) is 46.1 Å². The van der Waals surface area contributed by atoms with Crippen LogP contribution in [0, 0.1) is 0 Å². The quantitative estimate of drug-likeness (QED) is 0.354. The van der Waals surface area contributed by atoms with Crippen molar-refractivity contribution in [3.63, 3.8) is 0 Å². The third kappa shape index (κ3) is 4.06. The number of nitrogens with zero attached hydrogens (tertiary/aromatic N) is 2. The van der Waals surface area contributed by atoms with E-state index >= 15 is 0 Å². The smallest absolute Gasteiger partial charge is 0.194 e. The lowest BCUT2D eigenvalue weighted by Gasteiger charge is -2.32. The predicted octanol–water partition coefficient (Wildman–Crippen LogP) is 2.44. The van der Waals surface area contributed by atoms with E-state index in [-0.39, 0.29) is 24.0 Å². The van der Waals surface area contributed by atoms with Gasteiger partial charge in [-0.05, 0) is 29.7 Å². The number of halogens is 1. The van der Waals surface area contributed by atoms with Gasteiger partial charge in [0.05, 0.1) is 14.2 Å². The molecule has 2 rings (SSSR count). The van der Waals surface area contributed by atoms with Gasteiger partial charge in [0, 0.05) is 26.7 Å². The van der Waals surface area contributed by atoms with Crippen LogP contribution < -0.4 is 14.8 Å². The van der Waals surface area contributed by atoms with Crippen LogP contribution in [0.3, 0.4) is 0 Å². The molecule has 0 amide bonds. The molecule has 0 fully saturated rings. The van der Waals surface area contributed by atoms with Crippen LogP contribution in [-0.4, -0.2) is 45.2 Å². The maximum Gasteiger partial charge on any atom is 0.194 e. The molecule has 6 heteroatoms. The number of fused-ring (bicyclic) bond motifs is 1. The number of guanidine groups is 1. The van der Waals surface area contributed by atoms with Crippen molar-refractivity contribution in [2.45, 2.75) is 13.0 Å². The second-order valence-corrected chi connectivity index (χ2v) is 4.86. The lowest BCUT2D eigenvalue weighted by molar-refractivity contribution is 0.346. The number of methoxy groups -OCH3 is 2. The maximum atomic E-state index is 5.39. The molecule has 0 aliphatic carbocycles. The Balaban J connectivity index is 0.00000242. The Morgan fingerprint density at radius 2 is 1.95 bits per heavy atom. The van der Waals surface area contributed by atoms with Gasteiger partial charge in [-0.3, -0.25) is 4.99 Å². The number of hydrogen-bond donors (Lipinski definition) is 1. The fraction of sp³-hybridized carbons (Fsp3) is 0.438. The Morgan fingerprint density at radius 1 is 1.32 bits per heavy atom. The molecule has 0 unspecified atom stereocenters. The van der Waals surface area contributed by atoms with E-state index in [9.17, 15) is 0 Å². The third-order valence-corrected chi connectivity index (χ3v) is 3.63. The molecule has 1 aromatic carbocycles. The minimum Gasteiger partial charge on any atom is -0.493 e. The molecule has 122 valence electrons. The average molecular weight is 417 g/mol. The fourth-order valence-electron chi connectivity index (χ4n) is 2.56. The Hall–Kier alpha value is -1.44. The van der Waals surface area contributed by atoms with E-state index in [2.05, 4.69) is 33.9 Å². The summed E-state index contributed by atoms with van der Waals surface area (Å²) in [4.78, 5) is 6.56. The molecule has 1 heterocycles. The van der Waals surface area contributed by atoms with Gasteiger partial charge in [0.15, 0.2) is 17.5 Å². The molecule has 0 saturated carbocycles. The van der Waals surface area contributed by atoms with E-state index in [0.29, 0.717) is 6.54 Å². The summed E-state index contributed by atoms with van der Waals surface area (Å²) < 4.78 is 10.8. The first-order valence-electron chi connectivity index (χ1n) is 7.03. The Labute approximate surface area is 149 Å². The molecule has 0 saturated heterocycles. The molecule has 22 heavy (non-hydrogen) atoms. The van der Waals surface area contributed by atoms with Gasteiger partial charge >= 0.3 is 0 Å². The highest BCUT2D eigenvalue weighted by atomic mass is 127. The minimum atomic E-state index is 0. The molecular weight excluding hydrogens is 393 g/mol. The summed E-state index contributed by atoms with van der Waals surface area (Å²) in [6.45, 7) is 6.18. The Bertz CT molecular complexity index is 546. The normalized spacial score (nSPS) is 13.8. The van der Waals surface area contributed by atoms with E-state index in [4.69, 9.17) is 9.47 Å². The maximum absolute atomic E-state index is 5.39. The monoisotopic (exact) mass is 417 g/mol. The van der Waals surface area contributed by atoms with Crippen LogP contribution >= 0.6 is 24.0 Å². The Kier molecular flexibility index (Phi) is 7.50. The van der Waals surface area contributed by atoms with Crippen molar-refractivity contribution >= 4 is 29.9 Å². The lowest BCUT2D eigenvalue weighted by atomic mass is 9.99. The standard InChI is InChI=1S/C16H23N3O2.HI/c1-5-7-18-16(17-2)19-8-6-12-9-14(20-3)15(21-4)10-13(12)11-19;/h5,9-10H,1,6-8,11H2,2-4H3,(H,17,18);1H. The van der Waals surface area contributed by atoms with Crippen molar-refractivity contribution < 1.29 is 9.47 Å². The zero-order valence-corrected chi connectivity index (χ0v) is 15.7. The molecule has 1 N–H and O–H groups in total. The van der Waals surface area contributed by atoms with Crippen LogP contribution in [0.1, 0.15) is 11.1 Å². The van der Waals surface area contributed by atoms with Crippen LogP contribution in [0.5, 0.6) is 11.5 Å². The predicted molar refractivity (Wildman–Crippen MR) is 101 cm³/mol. The number of benzene rings is 1.